The third kappa shape index (κ3) is 4.09. The molecule has 0 radical (unpaired) electrons. The van der Waals surface area contributed by atoms with E-state index in [1.54, 1.807) is 6.20 Å². The van der Waals surface area contributed by atoms with Crippen molar-refractivity contribution in [2.24, 2.45) is 0 Å². The van der Waals surface area contributed by atoms with Crippen LogP contribution >= 0.6 is 11.8 Å². The molecule has 0 spiro atoms. The minimum Gasteiger partial charge on any atom is -0.475 e. The van der Waals surface area contributed by atoms with E-state index in [2.05, 4.69) is 10.3 Å². The summed E-state index contributed by atoms with van der Waals surface area (Å²) in [5.74, 6) is 3.01. The molecule has 2 N–H and O–H groups in total. The van der Waals surface area contributed by atoms with E-state index in [0.29, 0.717) is 18.5 Å². The van der Waals surface area contributed by atoms with Gasteiger partial charge in [-0.05, 0) is 24.7 Å². The van der Waals surface area contributed by atoms with E-state index in [4.69, 9.17) is 9.84 Å². The molecule has 94 valence electrons. The number of anilines is 1. The number of aromatic nitrogens is 1. The molecule has 4 nitrogen and oxygen atoms in total. The number of aliphatic hydroxyl groups excluding tert-OH is 1. The molecule has 1 aromatic heterocycles. The summed E-state index contributed by atoms with van der Waals surface area (Å²) in [6.07, 6.45) is 4.30. The van der Waals surface area contributed by atoms with Crippen molar-refractivity contribution in [2.75, 3.05) is 30.0 Å². The molecule has 1 aromatic rings. The molecule has 2 heterocycles. The van der Waals surface area contributed by atoms with Crippen molar-refractivity contribution >= 4 is 17.4 Å². The SMILES string of the molecule is OCCOc1ccc(NC2CCCSC2)cn1. The van der Waals surface area contributed by atoms with Crippen molar-refractivity contribution in [3.05, 3.63) is 18.3 Å². The highest BCUT2D eigenvalue weighted by Gasteiger charge is 2.13. The molecule has 2 rings (SSSR count). The highest BCUT2D eigenvalue weighted by molar-refractivity contribution is 7.99. The summed E-state index contributed by atoms with van der Waals surface area (Å²) >= 11 is 2.00. The van der Waals surface area contributed by atoms with Crippen LogP contribution < -0.4 is 10.1 Å². The average molecular weight is 254 g/mol. The molecule has 1 fully saturated rings. The molecule has 1 saturated heterocycles. The van der Waals surface area contributed by atoms with Crippen molar-refractivity contribution < 1.29 is 9.84 Å². The Morgan fingerprint density at radius 1 is 1.53 bits per heavy atom. The van der Waals surface area contributed by atoms with Gasteiger partial charge in [-0.25, -0.2) is 4.98 Å². The van der Waals surface area contributed by atoms with Crippen molar-refractivity contribution in [3.8, 4) is 5.88 Å². The Bertz CT molecular complexity index is 326. The zero-order valence-electron chi connectivity index (χ0n) is 9.76. The van der Waals surface area contributed by atoms with Gasteiger partial charge < -0.3 is 15.2 Å². The second kappa shape index (κ2) is 6.71. The van der Waals surface area contributed by atoms with Crippen LogP contribution in [0.25, 0.3) is 0 Å². The first kappa shape index (κ1) is 12.5. The van der Waals surface area contributed by atoms with E-state index < -0.39 is 0 Å². The van der Waals surface area contributed by atoms with Gasteiger partial charge >= 0.3 is 0 Å². The van der Waals surface area contributed by atoms with E-state index in [1.807, 2.05) is 23.9 Å². The maximum absolute atomic E-state index is 8.63. The predicted molar refractivity (Wildman–Crippen MR) is 70.8 cm³/mol. The lowest BCUT2D eigenvalue weighted by molar-refractivity contribution is 0.196. The predicted octanol–water partition coefficient (Wildman–Crippen LogP) is 1.76. The van der Waals surface area contributed by atoms with Crippen LogP contribution in [0.2, 0.25) is 0 Å². The third-order valence-corrected chi connectivity index (χ3v) is 3.82. The van der Waals surface area contributed by atoms with Gasteiger partial charge in [0.2, 0.25) is 5.88 Å². The fraction of sp³-hybridized carbons (Fsp3) is 0.583. The Hall–Kier alpha value is -0.940. The van der Waals surface area contributed by atoms with Gasteiger partial charge in [-0.1, -0.05) is 0 Å². The van der Waals surface area contributed by atoms with Gasteiger partial charge in [0.1, 0.15) is 6.61 Å². The topological polar surface area (TPSA) is 54.4 Å². The minimum absolute atomic E-state index is 0.0149. The Labute approximate surface area is 106 Å². The average Bonchev–Trinajstić information content (AvgIpc) is 2.39. The first-order valence-corrected chi connectivity index (χ1v) is 7.08. The fourth-order valence-corrected chi connectivity index (χ4v) is 2.86. The monoisotopic (exact) mass is 254 g/mol. The summed E-state index contributed by atoms with van der Waals surface area (Å²) in [4.78, 5) is 4.18. The van der Waals surface area contributed by atoms with Crippen LogP contribution in [0.4, 0.5) is 5.69 Å². The van der Waals surface area contributed by atoms with E-state index in [0.717, 1.165) is 5.69 Å². The Kier molecular flexibility index (Phi) is 4.94. The van der Waals surface area contributed by atoms with Crippen LogP contribution in [0.15, 0.2) is 18.3 Å². The molecule has 1 atom stereocenters. The minimum atomic E-state index is 0.0149. The molecule has 0 amide bonds. The molecule has 0 saturated carbocycles. The van der Waals surface area contributed by atoms with Crippen LogP contribution in [0, 0.1) is 0 Å². The largest absolute Gasteiger partial charge is 0.475 e. The molecular weight excluding hydrogens is 236 g/mol. The number of thioether (sulfide) groups is 1. The van der Waals surface area contributed by atoms with Crippen molar-refractivity contribution in [1.82, 2.24) is 4.98 Å². The zero-order valence-corrected chi connectivity index (χ0v) is 10.6. The number of rotatable bonds is 5. The molecule has 0 aliphatic carbocycles. The van der Waals surface area contributed by atoms with Crippen LogP contribution in [-0.4, -0.2) is 40.9 Å². The number of hydrogen-bond acceptors (Lipinski definition) is 5. The van der Waals surface area contributed by atoms with E-state index in [-0.39, 0.29) is 6.61 Å². The fourth-order valence-electron chi connectivity index (χ4n) is 1.79. The van der Waals surface area contributed by atoms with E-state index in [1.165, 1.54) is 24.3 Å². The Morgan fingerprint density at radius 3 is 3.12 bits per heavy atom. The summed E-state index contributed by atoms with van der Waals surface area (Å²) < 4.78 is 5.21. The number of nitrogens with zero attached hydrogens (tertiary/aromatic N) is 1. The summed E-state index contributed by atoms with van der Waals surface area (Å²) in [5, 5.41) is 12.1. The Balaban J connectivity index is 1.84. The van der Waals surface area contributed by atoms with Crippen molar-refractivity contribution in [3.63, 3.8) is 0 Å². The first-order chi connectivity index (χ1) is 8.38. The van der Waals surface area contributed by atoms with Gasteiger partial charge in [0.25, 0.3) is 0 Å². The molecule has 1 aliphatic heterocycles. The molecule has 0 aromatic carbocycles. The Morgan fingerprint density at radius 2 is 2.47 bits per heavy atom. The highest BCUT2D eigenvalue weighted by Crippen LogP contribution is 2.21. The lowest BCUT2D eigenvalue weighted by Gasteiger charge is -2.23. The standard InChI is InChI=1S/C12H18N2O2S/c15-5-6-16-12-4-3-10(8-13-12)14-11-2-1-7-17-9-11/h3-4,8,11,14-15H,1-2,5-7,9H2. The quantitative estimate of drug-likeness (QED) is 0.838. The van der Waals surface area contributed by atoms with Crippen LogP contribution in [0.5, 0.6) is 5.88 Å². The number of nitrogens with one attached hydrogen (secondary N) is 1. The third-order valence-electron chi connectivity index (χ3n) is 2.61. The summed E-state index contributed by atoms with van der Waals surface area (Å²) in [7, 11) is 0. The van der Waals surface area contributed by atoms with Crippen LogP contribution in [0.3, 0.4) is 0 Å². The molecular formula is C12H18N2O2S. The lowest BCUT2D eigenvalue weighted by Crippen LogP contribution is -2.25. The normalized spacial score (nSPS) is 19.9. The van der Waals surface area contributed by atoms with Crippen molar-refractivity contribution in [2.45, 2.75) is 18.9 Å². The second-order valence-corrected chi connectivity index (χ2v) is 5.17. The maximum Gasteiger partial charge on any atom is 0.213 e. The maximum atomic E-state index is 8.63. The van der Waals surface area contributed by atoms with Gasteiger partial charge in [-0.2, -0.15) is 11.8 Å². The van der Waals surface area contributed by atoms with E-state index in [9.17, 15) is 0 Å². The zero-order chi connectivity index (χ0) is 11.9. The van der Waals surface area contributed by atoms with Gasteiger partial charge in [0.05, 0.1) is 18.5 Å². The first-order valence-electron chi connectivity index (χ1n) is 5.92. The smallest absolute Gasteiger partial charge is 0.213 e. The molecule has 1 aliphatic rings. The summed E-state index contributed by atoms with van der Waals surface area (Å²) in [6, 6.07) is 4.35. The van der Waals surface area contributed by atoms with Gasteiger partial charge in [-0.15, -0.1) is 0 Å². The molecule has 0 bridgehead atoms. The number of aliphatic hydroxyl groups is 1. The second-order valence-electron chi connectivity index (χ2n) is 4.02. The summed E-state index contributed by atoms with van der Waals surface area (Å²) in [5.41, 5.74) is 1.04. The molecule has 1 unspecified atom stereocenters. The van der Waals surface area contributed by atoms with Crippen LogP contribution in [0.1, 0.15) is 12.8 Å². The van der Waals surface area contributed by atoms with E-state index >= 15 is 0 Å². The molecule has 17 heavy (non-hydrogen) atoms. The number of pyridine rings is 1. The van der Waals surface area contributed by atoms with Crippen molar-refractivity contribution in [1.29, 1.82) is 0 Å². The number of hydrogen-bond donors (Lipinski definition) is 2. The number of ether oxygens (including phenoxy) is 1. The van der Waals surface area contributed by atoms with Crippen LogP contribution in [-0.2, 0) is 0 Å². The lowest BCUT2D eigenvalue weighted by atomic mass is 10.2. The van der Waals surface area contributed by atoms with Gasteiger partial charge in [0, 0.05) is 17.9 Å². The highest BCUT2D eigenvalue weighted by atomic mass is 32.2. The van der Waals surface area contributed by atoms with Gasteiger partial charge in [-0.3, -0.25) is 0 Å². The summed E-state index contributed by atoms with van der Waals surface area (Å²) in [6.45, 7) is 0.306. The molecule has 5 heteroatoms. The van der Waals surface area contributed by atoms with Gasteiger partial charge in [0.15, 0.2) is 0 Å².